The second-order valence-corrected chi connectivity index (χ2v) is 3.84. The third-order valence-corrected chi connectivity index (χ3v) is 2.67. The summed E-state index contributed by atoms with van der Waals surface area (Å²) >= 11 is 0. The lowest BCUT2D eigenvalue weighted by Gasteiger charge is -2.05. The van der Waals surface area contributed by atoms with Crippen molar-refractivity contribution in [1.29, 1.82) is 0 Å². The van der Waals surface area contributed by atoms with Crippen LogP contribution in [0.5, 0.6) is 0 Å². The first-order valence-corrected chi connectivity index (χ1v) is 5.40. The van der Waals surface area contributed by atoms with Gasteiger partial charge in [-0.1, -0.05) is 6.07 Å². The van der Waals surface area contributed by atoms with Crippen LogP contribution in [0.4, 0.5) is 0 Å². The molecule has 92 valence electrons. The topological polar surface area (TPSA) is 56.5 Å². The summed E-state index contributed by atoms with van der Waals surface area (Å²) in [7, 11) is 1.33. The van der Waals surface area contributed by atoms with Crippen LogP contribution in [-0.2, 0) is 4.74 Å². The van der Waals surface area contributed by atoms with Crippen molar-refractivity contribution in [2.45, 2.75) is 6.92 Å². The zero-order valence-corrected chi connectivity index (χ0v) is 10.1. The summed E-state index contributed by atoms with van der Waals surface area (Å²) in [4.78, 5) is 22.1. The number of furan rings is 1. The molecule has 2 rings (SSSR count). The molecule has 0 atom stereocenters. The van der Waals surface area contributed by atoms with Crippen LogP contribution in [0.1, 0.15) is 26.5 Å². The van der Waals surface area contributed by atoms with Gasteiger partial charge in [0.1, 0.15) is 5.76 Å². The fraction of sp³-hybridized carbons (Fsp3) is 0.143. The summed E-state index contributed by atoms with van der Waals surface area (Å²) in [6, 6.07) is 8.48. The number of carbonyl (C=O) groups excluding carboxylic acids is 2. The van der Waals surface area contributed by atoms with Crippen molar-refractivity contribution >= 4 is 12.3 Å². The number of aryl methyl sites for hydroxylation is 1. The smallest absolute Gasteiger partial charge is 0.337 e. The van der Waals surface area contributed by atoms with Gasteiger partial charge in [0.2, 0.25) is 0 Å². The highest BCUT2D eigenvalue weighted by Gasteiger charge is 2.12. The number of benzene rings is 1. The van der Waals surface area contributed by atoms with Crippen LogP contribution in [0.15, 0.2) is 34.7 Å². The Morgan fingerprint density at radius 1 is 1.28 bits per heavy atom. The zero-order chi connectivity index (χ0) is 13.1. The molecule has 0 saturated carbocycles. The molecular weight excluding hydrogens is 232 g/mol. The summed E-state index contributed by atoms with van der Waals surface area (Å²) in [5.41, 5.74) is 2.17. The molecule has 2 aromatic rings. The largest absolute Gasteiger partial charge is 0.465 e. The molecule has 0 amide bonds. The van der Waals surface area contributed by atoms with E-state index in [1.807, 2.05) is 13.0 Å². The van der Waals surface area contributed by atoms with E-state index >= 15 is 0 Å². The molecule has 0 bridgehead atoms. The average molecular weight is 244 g/mol. The molecule has 0 aliphatic heterocycles. The summed E-state index contributed by atoms with van der Waals surface area (Å²) in [6.45, 7) is 1.90. The molecule has 4 heteroatoms. The van der Waals surface area contributed by atoms with E-state index in [-0.39, 0.29) is 5.76 Å². The molecule has 0 fully saturated rings. The molecule has 0 aliphatic rings. The van der Waals surface area contributed by atoms with Crippen LogP contribution >= 0.6 is 0 Å². The fourth-order valence-electron chi connectivity index (χ4n) is 1.69. The predicted molar refractivity (Wildman–Crippen MR) is 65.6 cm³/mol. The van der Waals surface area contributed by atoms with E-state index in [9.17, 15) is 9.59 Å². The normalized spacial score (nSPS) is 10.1. The quantitative estimate of drug-likeness (QED) is 0.615. The zero-order valence-electron chi connectivity index (χ0n) is 10.1. The Bertz CT molecular complexity index is 596. The van der Waals surface area contributed by atoms with Crippen molar-refractivity contribution in [3.8, 4) is 11.3 Å². The van der Waals surface area contributed by atoms with Gasteiger partial charge in [-0.15, -0.1) is 0 Å². The third kappa shape index (κ3) is 2.18. The second kappa shape index (κ2) is 4.87. The second-order valence-electron chi connectivity index (χ2n) is 3.84. The summed E-state index contributed by atoms with van der Waals surface area (Å²) < 4.78 is 10.0. The van der Waals surface area contributed by atoms with Crippen molar-refractivity contribution in [3.63, 3.8) is 0 Å². The van der Waals surface area contributed by atoms with Gasteiger partial charge < -0.3 is 9.15 Å². The highest BCUT2D eigenvalue weighted by atomic mass is 16.5. The van der Waals surface area contributed by atoms with Crippen LogP contribution in [-0.4, -0.2) is 19.4 Å². The van der Waals surface area contributed by atoms with Gasteiger partial charge in [0, 0.05) is 5.56 Å². The highest BCUT2D eigenvalue weighted by Crippen LogP contribution is 2.26. The van der Waals surface area contributed by atoms with Crippen molar-refractivity contribution < 1.29 is 18.7 Å². The summed E-state index contributed by atoms with van der Waals surface area (Å²) in [5, 5.41) is 0. The maximum Gasteiger partial charge on any atom is 0.337 e. The number of methoxy groups -OCH3 is 1. The fourth-order valence-corrected chi connectivity index (χ4v) is 1.69. The lowest BCUT2D eigenvalue weighted by Crippen LogP contribution is -2.01. The van der Waals surface area contributed by atoms with Gasteiger partial charge >= 0.3 is 5.97 Å². The Morgan fingerprint density at radius 2 is 2.06 bits per heavy atom. The monoisotopic (exact) mass is 244 g/mol. The van der Waals surface area contributed by atoms with E-state index in [0.717, 1.165) is 11.1 Å². The van der Waals surface area contributed by atoms with Gasteiger partial charge in [-0.3, -0.25) is 4.79 Å². The minimum atomic E-state index is -0.404. The van der Waals surface area contributed by atoms with Gasteiger partial charge in [0.05, 0.1) is 12.7 Å². The number of aldehydes is 1. The minimum Gasteiger partial charge on any atom is -0.465 e. The van der Waals surface area contributed by atoms with E-state index in [1.165, 1.54) is 7.11 Å². The van der Waals surface area contributed by atoms with Gasteiger partial charge in [0.15, 0.2) is 12.0 Å². The SMILES string of the molecule is COC(=O)c1ccc(C)c(-c2ccc(C=O)o2)c1. The van der Waals surface area contributed by atoms with Crippen molar-refractivity contribution in [3.05, 3.63) is 47.2 Å². The highest BCUT2D eigenvalue weighted by molar-refractivity contribution is 5.91. The van der Waals surface area contributed by atoms with Crippen molar-refractivity contribution in [2.75, 3.05) is 7.11 Å². The number of rotatable bonds is 3. The summed E-state index contributed by atoms with van der Waals surface area (Å²) in [5.74, 6) is 0.409. The standard InChI is InChI=1S/C14H12O4/c1-9-3-4-10(14(16)17-2)7-12(9)13-6-5-11(8-15)18-13/h3-8H,1-2H3. The first-order chi connectivity index (χ1) is 8.65. The van der Waals surface area contributed by atoms with Gasteiger partial charge in [0.25, 0.3) is 0 Å². The maximum atomic E-state index is 11.5. The minimum absolute atomic E-state index is 0.257. The first-order valence-electron chi connectivity index (χ1n) is 5.40. The molecule has 18 heavy (non-hydrogen) atoms. The first kappa shape index (κ1) is 12.1. The molecule has 0 saturated heterocycles. The van der Waals surface area contributed by atoms with Crippen LogP contribution in [0.3, 0.4) is 0 Å². The van der Waals surface area contributed by atoms with Crippen LogP contribution in [0.2, 0.25) is 0 Å². The van der Waals surface area contributed by atoms with Gasteiger partial charge in [-0.2, -0.15) is 0 Å². The lowest BCUT2D eigenvalue weighted by atomic mass is 10.0. The van der Waals surface area contributed by atoms with Crippen molar-refractivity contribution in [2.24, 2.45) is 0 Å². The molecule has 0 aliphatic carbocycles. The number of ether oxygens (including phenoxy) is 1. The average Bonchev–Trinajstić information content (AvgIpc) is 2.87. The van der Waals surface area contributed by atoms with E-state index < -0.39 is 5.97 Å². The summed E-state index contributed by atoms with van der Waals surface area (Å²) in [6.07, 6.45) is 0.642. The molecule has 1 aromatic carbocycles. The Balaban J connectivity index is 2.49. The van der Waals surface area contributed by atoms with Crippen LogP contribution in [0.25, 0.3) is 11.3 Å². The lowest BCUT2D eigenvalue weighted by molar-refractivity contribution is 0.0600. The van der Waals surface area contributed by atoms with E-state index in [2.05, 4.69) is 4.74 Å². The molecule has 0 N–H and O–H groups in total. The van der Waals surface area contributed by atoms with Crippen LogP contribution in [0, 0.1) is 6.92 Å². The number of hydrogen-bond acceptors (Lipinski definition) is 4. The van der Waals surface area contributed by atoms with Crippen LogP contribution < -0.4 is 0 Å². The Kier molecular flexibility index (Phi) is 3.28. The Morgan fingerprint density at radius 3 is 2.67 bits per heavy atom. The number of esters is 1. The van der Waals surface area contributed by atoms with E-state index in [1.54, 1.807) is 24.3 Å². The molecule has 4 nitrogen and oxygen atoms in total. The molecular formula is C14H12O4. The van der Waals surface area contributed by atoms with E-state index in [0.29, 0.717) is 17.6 Å². The van der Waals surface area contributed by atoms with Crippen molar-refractivity contribution in [1.82, 2.24) is 0 Å². The number of carbonyl (C=O) groups is 2. The number of hydrogen-bond donors (Lipinski definition) is 0. The Labute approximate surface area is 104 Å². The molecule has 0 unspecified atom stereocenters. The molecule has 1 heterocycles. The van der Waals surface area contributed by atoms with Gasteiger partial charge in [-0.05, 0) is 36.8 Å². The molecule has 1 aromatic heterocycles. The van der Waals surface area contributed by atoms with E-state index in [4.69, 9.17) is 4.42 Å². The molecule has 0 radical (unpaired) electrons. The van der Waals surface area contributed by atoms with Gasteiger partial charge in [-0.25, -0.2) is 4.79 Å². The maximum absolute atomic E-state index is 11.5. The predicted octanol–water partition coefficient (Wildman–Crippen LogP) is 2.85. The third-order valence-electron chi connectivity index (χ3n) is 2.67. The molecule has 0 spiro atoms. The Hall–Kier alpha value is -2.36.